The van der Waals surface area contributed by atoms with E-state index in [1.165, 1.54) is 18.9 Å². The molecule has 2 N–H and O–H groups in total. The smallest absolute Gasteiger partial charge is 0.137 e. The molecule has 5 heteroatoms. The zero-order chi connectivity index (χ0) is 14.9. The molecule has 21 heavy (non-hydrogen) atoms. The summed E-state index contributed by atoms with van der Waals surface area (Å²) in [6.07, 6.45) is 6.99. The van der Waals surface area contributed by atoms with Crippen molar-refractivity contribution in [2.45, 2.75) is 50.2 Å². The van der Waals surface area contributed by atoms with Gasteiger partial charge in [0.15, 0.2) is 0 Å². The van der Waals surface area contributed by atoms with Crippen molar-refractivity contribution in [1.82, 2.24) is 0 Å². The molecule has 0 radical (unpaired) electrons. The third-order valence-corrected chi connectivity index (χ3v) is 4.70. The first-order valence-electron chi connectivity index (χ1n) is 7.49. The molecule has 1 saturated carbocycles. The quantitative estimate of drug-likeness (QED) is 0.867. The molecule has 2 fully saturated rings. The van der Waals surface area contributed by atoms with Crippen LogP contribution in [-0.4, -0.2) is 23.3 Å². The van der Waals surface area contributed by atoms with Crippen molar-refractivity contribution in [3.05, 3.63) is 29.6 Å². The Morgan fingerprint density at radius 2 is 2.14 bits per heavy atom. The second-order valence-corrected chi connectivity index (χ2v) is 6.40. The number of ether oxygens (including phenoxy) is 2. The summed E-state index contributed by atoms with van der Waals surface area (Å²) in [5, 5.41) is 0. The Hall–Kier alpha value is -1.20. The van der Waals surface area contributed by atoms with Gasteiger partial charge < -0.3 is 15.2 Å². The van der Waals surface area contributed by atoms with Gasteiger partial charge in [-0.15, -0.1) is 0 Å². The van der Waals surface area contributed by atoms with E-state index in [0.29, 0.717) is 12.4 Å². The molecule has 0 bridgehead atoms. The van der Waals surface area contributed by atoms with Crippen LogP contribution in [0.2, 0.25) is 0 Å². The van der Waals surface area contributed by atoms with Crippen LogP contribution in [-0.2, 0) is 4.74 Å². The lowest BCUT2D eigenvalue weighted by Gasteiger charge is -2.24. The maximum atomic E-state index is 13.8. The number of thiocarbonyl (C=S) groups is 1. The minimum atomic E-state index is -0.445. The normalized spacial score (nSPS) is 23.6. The monoisotopic (exact) mass is 309 g/mol. The first kappa shape index (κ1) is 14.7. The highest BCUT2D eigenvalue weighted by atomic mass is 32.1. The summed E-state index contributed by atoms with van der Waals surface area (Å²) in [5.41, 5.74) is 5.84. The lowest BCUT2D eigenvalue weighted by atomic mass is 9.98. The average molecular weight is 309 g/mol. The topological polar surface area (TPSA) is 44.5 Å². The van der Waals surface area contributed by atoms with Crippen molar-refractivity contribution in [1.29, 1.82) is 0 Å². The molecule has 1 aliphatic carbocycles. The zero-order valence-corrected chi connectivity index (χ0v) is 12.8. The maximum Gasteiger partial charge on any atom is 0.137 e. The molecule has 1 saturated heterocycles. The minimum Gasteiger partial charge on any atom is -0.490 e. The van der Waals surface area contributed by atoms with Crippen LogP contribution in [0.25, 0.3) is 0 Å². The second-order valence-electron chi connectivity index (χ2n) is 5.96. The summed E-state index contributed by atoms with van der Waals surface area (Å²) in [6.45, 7) is 0.417. The van der Waals surface area contributed by atoms with Gasteiger partial charge in [0.2, 0.25) is 0 Å². The summed E-state index contributed by atoms with van der Waals surface area (Å²) in [7, 11) is 0. The Morgan fingerprint density at radius 1 is 1.38 bits per heavy atom. The first-order valence-corrected chi connectivity index (χ1v) is 7.89. The predicted octanol–water partition coefficient (Wildman–Crippen LogP) is 3.33. The van der Waals surface area contributed by atoms with E-state index in [4.69, 9.17) is 27.4 Å². The number of benzene rings is 1. The summed E-state index contributed by atoms with van der Waals surface area (Å²) >= 11 is 4.89. The molecule has 3 rings (SSSR count). The average Bonchev–Trinajstić information content (AvgIpc) is 3.07. The van der Waals surface area contributed by atoms with Gasteiger partial charge in [-0.3, -0.25) is 0 Å². The highest BCUT2D eigenvalue weighted by Crippen LogP contribution is 2.43. The van der Waals surface area contributed by atoms with Gasteiger partial charge in [-0.25, -0.2) is 4.39 Å². The Kier molecular flexibility index (Phi) is 4.13. The highest BCUT2D eigenvalue weighted by molar-refractivity contribution is 7.80. The van der Waals surface area contributed by atoms with E-state index in [1.54, 1.807) is 12.1 Å². The van der Waals surface area contributed by atoms with Gasteiger partial charge in [-0.2, -0.15) is 0 Å². The fourth-order valence-electron chi connectivity index (χ4n) is 3.45. The van der Waals surface area contributed by atoms with Crippen LogP contribution >= 0.6 is 12.2 Å². The molecule has 1 heterocycles. The molecule has 0 aromatic heterocycles. The summed E-state index contributed by atoms with van der Waals surface area (Å²) in [4.78, 5) is 0.0164. The molecular weight excluding hydrogens is 289 g/mol. The van der Waals surface area contributed by atoms with Crippen molar-refractivity contribution in [3.63, 3.8) is 0 Å². The number of rotatable bonds is 4. The zero-order valence-electron chi connectivity index (χ0n) is 11.9. The second kappa shape index (κ2) is 5.89. The molecular formula is C16H20FNO2S. The molecule has 1 spiro atoms. The number of hydrogen-bond acceptors (Lipinski definition) is 3. The first-order chi connectivity index (χ1) is 10.1. The molecule has 3 nitrogen and oxygen atoms in total. The van der Waals surface area contributed by atoms with Crippen molar-refractivity contribution in [3.8, 4) is 5.75 Å². The third kappa shape index (κ3) is 3.04. The summed E-state index contributed by atoms with van der Waals surface area (Å²) < 4.78 is 25.7. The van der Waals surface area contributed by atoms with Gasteiger partial charge in [0.25, 0.3) is 0 Å². The lowest BCUT2D eigenvalue weighted by molar-refractivity contribution is -0.0509. The molecule has 1 aromatic rings. The van der Waals surface area contributed by atoms with E-state index in [-0.39, 0.29) is 22.3 Å². The Morgan fingerprint density at radius 3 is 2.86 bits per heavy atom. The third-order valence-electron chi connectivity index (χ3n) is 4.50. The van der Waals surface area contributed by atoms with Crippen molar-refractivity contribution >= 4 is 17.2 Å². The SMILES string of the molecule is NC(=S)c1c(F)cccc1OCC1CCC2(CCCC2)O1. The van der Waals surface area contributed by atoms with Crippen LogP contribution in [0.3, 0.4) is 0 Å². The van der Waals surface area contributed by atoms with Crippen LogP contribution < -0.4 is 10.5 Å². The molecule has 1 aliphatic heterocycles. The molecule has 0 amide bonds. The van der Waals surface area contributed by atoms with E-state index in [1.807, 2.05) is 0 Å². The Labute approximate surface area is 129 Å². The predicted molar refractivity (Wildman–Crippen MR) is 83.1 cm³/mol. The van der Waals surface area contributed by atoms with Crippen LogP contribution in [0.4, 0.5) is 4.39 Å². The van der Waals surface area contributed by atoms with Crippen molar-refractivity contribution in [2.75, 3.05) is 6.61 Å². The summed E-state index contributed by atoms with van der Waals surface area (Å²) in [5.74, 6) is -0.0434. The van der Waals surface area contributed by atoms with Gasteiger partial charge in [-0.05, 0) is 37.8 Å². The van der Waals surface area contributed by atoms with Crippen LogP contribution in [0.1, 0.15) is 44.1 Å². The molecule has 1 unspecified atom stereocenters. The minimum absolute atomic E-state index is 0.0164. The van der Waals surface area contributed by atoms with Crippen LogP contribution in [0.5, 0.6) is 5.75 Å². The summed E-state index contributed by atoms with van der Waals surface area (Å²) in [6, 6.07) is 4.62. The van der Waals surface area contributed by atoms with Gasteiger partial charge in [0, 0.05) is 0 Å². The largest absolute Gasteiger partial charge is 0.490 e. The van der Waals surface area contributed by atoms with Crippen LogP contribution in [0, 0.1) is 5.82 Å². The van der Waals surface area contributed by atoms with Gasteiger partial charge in [0.1, 0.15) is 23.2 Å². The number of nitrogens with two attached hydrogens (primary N) is 1. The molecule has 1 atom stereocenters. The highest BCUT2D eigenvalue weighted by Gasteiger charge is 2.42. The van der Waals surface area contributed by atoms with Crippen LogP contribution in [0.15, 0.2) is 18.2 Å². The van der Waals surface area contributed by atoms with E-state index >= 15 is 0 Å². The number of halogens is 1. The number of hydrogen-bond donors (Lipinski definition) is 1. The van der Waals surface area contributed by atoms with E-state index < -0.39 is 5.82 Å². The Bertz CT molecular complexity index is 543. The van der Waals surface area contributed by atoms with Crippen molar-refractivity contribution in [2.24, 2.45) is 5.73 Å². The van der Waals surface area contributed by atoms with Gasteiger partial charge >= 0.3 is 0 Å². The van der Waals surface area contributed by atoms with E-state index in [0.717, 1.165) is 25.7 Å². The van der Waals surface area contributed by atoms with Gasteiger partial charge in [-0.1, -0.05) is 31.1 Å². The Balaban J connectivity index is 1.64. The molecule has 114 valence electrons. The standard InChI is InChI=1S/C16H20FNO2S/c17-12-4-3-5-13(14(12)15(18)21)19-10-11-6-9-16(20-11)7-1-2-8-16/h3-5,11H,1-2,6-10H2,(H2,18,21). The fraction of sp³-hybridized carbons (Fsp3) is 0.562. The molecule has 1 aromatic carbocycles. The lowest BCUT2D eigenvalue weighted by Crippen LogP contribution is -2.27. The molecule has 2 aliphatic rings. The van der Waals surface area contributed by atoms with Crippen molar-refractivity contribution < 1.29 is 13.9 Å². The maximum absolute atomic E-state index is 13.8. The van der Waals surface area contributed by atoms with Gasteiger partial charge in [0.05, 0.1) is 17.3 Å². The van der Waals surface area contributed by atoms with E-state index in [9.17, 15) is 4.39 Å². The fourth-order valence-corrected chi connectivity index (χ4v) is 3.64. The van der Waals surface area contributed by atoms with E-state index in [2.05, 4.69) is 0 Å².